The minimum absolute atomic E-state index is 0.450. The third kappa shape index (κ3) is 5.65. The second-order valence-electron chi connectivity index (χ2n) is 5.63. The van der Waals surface area contributed by atoms with E-state index in [0.717, 1.165) is 43.2 Å². The average molecular weight is 288 g/mol. The Kier molecular flexibility index (Phi) is 5.90. The van der Waals surface area contributed by atoms with Crippen molar-refractivity contribution in [1.29, 1.82) is 0 Å². The maximum Gasteiger partial charge on any atom is 0.151 e. The number of hydrogen-bond acceptors (Lipinski definition) is 5. The van der Waals surface area contributed by atoms with Crippen molar-refractivity contribution in [2.45, 2.75) is 39.4 Å². The van der Waals surface area contributed by atoms with Crippen LogP contribution >= 0.6 is 0 Å². The molecular formula is C16H24N4O. The third-order valence-electron chi connectivity index (χ3n) is 3.20. The average Bonchev–Trinajstić information content (AvgIpc) is 2.91. The molecule has 5 nitrogen and oxygen atoms in total. The van der Waals surface area contributed by atoms with E-state index in [1.54, 1.807) is 0 Å². The number of nitrogens with zero attached hydrogens (tertiary/aromatic N) is 3. The second-order valence-corrected chi connectivity index (χ2v) is 5.63. The molecule has 2 aromatic rings. The molecule has 5 heteroatoms. The SMILES string of the molecule is CC(C)NCc1cc(CN(C)CCc2ccccn2)on1. The molecule has 0 radical (unpaired) electrons. The molecule has 0 saturated carbocycles. The number of rotatable bonds is 8. The van der Waals surface area contributed by atoms with E-state index in [-0.39, 0.29) is 0 Å². The molecule has 0 atom stereocenters. The standard InChI is InChI=1S/C16H24N4O/c1-13(2)18-11-15-10-16(21-19-15)12-20(3)9-7-14-6-4-5-8-17-14/h4-6,8,10,13,18H,7,9,11-12H2,1-3H3. The van der Waals surface area contributed by atoms with Gasteiger partial charge in [0.25, 0.3) is 0 Å². The van der Waals surface area contributed by atoms with Gasteiger partial charge in [0.05, 0.1) is 12.2 Å². The van der Waals surface area contributed by atoms with E-state index in [1.165, 1.54) is 0 Å². The zero-order valence-electron chi connectivity index (χ0n) is 13.0. The highest BCUT2D eigenvalue weighted by atomic mass is 16.5. The van der Waals surface area contributed by atoms with Crippen molar-refractivity contribution in [2.75, 3.05) is 13.6 Å². The topological polar surface area (TPSA) is 54.2 Å². The number of likely N-dealkylation sites (N-methyl/N-ethyl adjacent to an activating group) is 1. The summed E-state index contributed by atoms with van der Waals surface area (Å²) in [6.45, 7) is 6.69. The Hall–Kier alpha value is -1.72. The van der Waals surface area contributed by atoms with Crippen LogP contribution in [0, 0.1) is 0 Å². The van der Waals surface area contributed by atoms with Gasteiger partial charge in [-0.2, -0.15) is 0 Å². The zero-order valence-corrected chi connectivity index (χ0v) is 13.0. The number of pyridine rings is 1. The second kappa shape index (κ2) is 7.90. The summed E-state index contributed by atoms with van der Waals surface area (Å²) in [7, 11) is 2.08. The Morgan fingerprint density at radius 3 is 2.86 bits per heavy atom. The van der Waals surface area contributed by atoms with E-state index in [1.807, 2.05) is 24.4 Å². The van der Waals surface area contributed by atoms with Crippen LogP contribution in [0.1, 0.15) is 31.0 Å². The molecule has 0 unspecified atom stereocenters. The van der Waals surface area contributed by atoms with E-state index in [2.05, 4.69) is 47.3 Å². The summed E-state index contributed by atoms with van der Waals surface area (Å²) in [5, 5.41) is 7.41. The van der Waals surface area contributed by atoms with Gasteiger partial charge in [0.1, 0.15) is 0 Å². The van der Waals surface area contributed by atoms with Gasteiger partial charge in [0.15, 0.2) is 5.76 Å². The summed E-state index contributed by atoms with van der Waals surface area (Å²) in [5.74, 6) is 0.902. The first-order valence-electron chi connectivity index (χ1n) is 7.40. The molecule has 0 aromatic carbocycles. The lowest BCUT2D eigenvalue weighted by Gasteiger charge is -2.13. The number of hydrogen-bond donors (Lipinski definition) is 1. The van der Waals surface area contributed by atoms with Gasteiger partial charge in [-0.3, -0.25) is 9.88 Å². The van der Waals surface area contributed by atoms with Gasteiger partial charge in [-0.1, -0.05) is 25.1 Å². The van der Waals surface area contributed by atoms with Gasteiger partial charge in [-0.15, -0.1) is 0 Å². The Morgan fingerprint density at radius 1 is 1.29 bits per heavy atom. The van der Waals surface area contributed by atoms with E-state index in [0.29, 0.717) is 6.04 Å². The molecular weight excluding hydrogens is 264 g/mol. The van der Waals surface area contributed by atoms with Crippen LogP contribution < -0.4 is 5.32 Å². The van der Waals surface area contributed by atoms with Crippen molar-refractivity contribution in [3.8, 4) is 0 Å². The Morgan fingerprint density at radius 2 is 2.14 bits per heavy atom. The fraction of sp³-hybridized carbons (Fsp3) is 0.500. The van der Waals surface area contributed by atoms with Crippen molar-refractivity contribution >= 4 is 0 Å². The van der Waals surface area contributed by atoms with Crippen LogP contribution in [0.25, 0.3) is 0 Å². The number of aromatic nitrogens is 2. The van der Waals surface area contributed by atoms with Crippen LogP contribution in [0.2, 0.25) is 0 Å². The molecule has 1 N–H and O–H groups in total. The Bertz CT molecular complexity index is 524. The summed E-state index contributed by atoms with van der Waals surface area (Å²) >= 11 is 0. The largest absolute Gasteiger partial charge is 0.360 e. The first-order chi connectivity index (χ1) is 10.1. The van der Waals surface area contributed by atoms with Gasteiger partial charge in [0, 0.05) is 43.5 Å². The molecule has 0 amide bonds. The molecule has 2 aromatic heterocycles. The number of nitrogens with one attached hydrogen (secondary N) is 1. The highest BCUT2D eigenvalue weighted by Gasteiger charge is 2.08. The highest BCUT2D eigenvalue weighted by Crippen LogP contribution is 2.07. The quantitative estimate of drug-likeness (QED) is 0.807. The minimum Gasteiger partial charge on any atom is -0.360 e. The van der Waals surface area contributed by atoms with Crippen LogP contribution in [-0.4, -0.2) is 34.7 Å². The third-order valence-corrected chi connectivity index (χ3v) is 3.20. The van der Waals surface area contributed by atoms with Crippen molar-refractivity contribution in [3.63, 3.8) is 0 Å². The lowest BCUT2D eigenvalue weighted by Crippen LogP contribution is -2.22. The van der Waals surface area contributed by atoms with Gasteiger partial charge < -0.3 is 9.84 Å². The van der Waals surface area contributed by atoms with Crippen LogP contribution in [0.3, 0.4) is 0 Å². The summed E-state index contributed by atoms with van der Waals surface area (Å²) in [5.41, 5.74) is 2.07. The zero-order chi connectivity index (χ0) is 15.1. The maximum atomic E-state index is 5.37. The van der Waals surface area contributed by atoms with Gasteiger partial charge in [0.2, 0.25) is 0 Å². The molecule has 0 aliphatic carbocycles. The van der Waals surface area contributed by atoms with Crippen LogP contribution in [0.5, 0.6) is 0 Å². The van der Waals surface area contributed by atoms with Crippen molar-refractivity contribution < 1.29 is 4.52 Å². The van der Waals surface area contributed by atoms with E-state index >= 15 is 0 Å². The molecule has 0 spiro atoms. The molecule has 0 aliphatic rings. The summed E-state index contributed by atoms with van der Waals surface area (Å²) < 4.78 is 5.37. The molecule has 2 heterocycles. The van der Waals surface area contributed by atoms with E-state index in [9.17, 15) is 0 Å². The molecule has 0 saturated heterocycles. The van der Waals surface area contributed by atoms with Crippen LogP contribution in [0.4, 0.5) is 0 Å². The van der Waals surface area contributed by atoms with Crippen molar-refractivity contribution in [3.05, 3.63) is 47.6 Å². The Balaban J connectivity index is 1.76. The smallest absolute Gasteiger partial charge is 0.151 e. The molecule has 0 aliphatic heterocycles. The molecule has 0 bridgehead atoms. The van der Waals surface area contributed by atoms with Crippen LogP contribution in [0.15, 0.2) is 35.0 Å². The predicted octanol–water partition coefficient (Wildman–Crippen LogP) is 2.24. The summed E-state index contributed by atoms with van der Waals surface area (Å²) in [4.78, 5) is 6.55. The molecule has 114 valence electrons. The van der Waals surface area contributed by atoms with Gasteiger partial charge in [-0.05, 0) is 19.2 Å². The maximum absolute atomic E-state index is 5.37. The minimum atomic E-state index is 0.450. The van der Waals surface area contributed by atoms with E-state index in [4.69, 9.17) is 4.52 Å². The highest BCUT2D eigenvalue weighted by molar-refractivity contribution is 5.06. The van der Waals surface area contributed by atoms with Crippen molar-refractivity contribution in [1.82, 2.24) is 20.4 Å². The van der Waals surface area contributed by atoms with Gasteiger partial charge >= 0.3 is 0 Å². The molecule has 21 heavy (non-hydrogen) atoms. The lowest BCUT2D eigenvalue weighted by molar-refractivity contribution is 0.273. The Labute approximate surface area is 126 Å². The molecule has 0 fully saturated rings. The monoisotopic (exact) mass is 288 g/mol. The molecule has 2 rings (SSSR count). The van der Waals surface area contributed by atoms with Crippen LogP contribution in [-0.2, 0) is 19.5 Å². The van der Waals surface area contributed by atoms with E-state index < -0.39 is 0 Å². The first-order valence-corrected chi connectivity index (χ1v) is 7.40. The first kappa shape index (κ1) is 15.7. The normalized spacial score (nSPS) is 11.5. The lowest BCUT2D eigenvalue weighted by atomic mass is 10.2. The van der Waals surface area contributed by atoms with Crippen molar-refractivity contribution in [2.24, 2.45) is 0 Å². The fourth-order valence-corrected chi connectivity index (χ4v) is 2.02. The fourth-order valence-electron chi connectivity index (χ4n) is 2.02. The summed E-state index contributed by atoms with van der Waals surface area (Å²) in [6, 6.07) is 8.48. The van der Waals surface area contributed by atoms with Gasteiger partial charge in [-0.25, -0.2) is 0 Å². The predicted molar refractivity (Wildman–Crippen MR) is 82.8 cm³/mol. The summed E-state index contributed by atoms with van der Waals surface area (Å²) in [6.07, 6.45) is 2.77.